The zero-order valence-electron chi connectivity index (χ0n) is 6.86. The molecule has 0 radical (unpaired) electrons. The summed E-state index contributed by atoms with van der Waals surface area (Å²) in [5, 5.41) is 0. The highest BCUT2D eigenvalue weighted by Gasteiger charge is 2.69. The number of hydrogen-bond donors (Lipinski definition) is 0. The minimum Gasteiger partial charge on any atom is -0.255 e. The van der Waals surface area contributed by atoms with Crippen LogP contribution < -0.4 is 0 Å². The maximum atomic E-state index is 11.3. The summed E-state index contributed by atoms with van der Waals surface area (Å²) < 4.78 is 111. The molecule has 0 aromatic carbocycles. The van der Waals surface area contributed by atoms with Gasteiger partial charge in [0, 0.05) is 0 Å². The fraction of sp³-hybridized carbons (Fsp3) is 1.00. The zero-order chi connectivity index (χ0) is 13.1. The Labute approximate surface area is 76.9 Å². The highest BCUT2D eigenvalue weighted by molar-refractivity contribution is 4.81. The van der Waals surface area contributed by atoms with E-state index in [0.29, 0.717) is 7.18 Å². The second-order valence-corrected chi connectivity index (χ2v) is 2.06. The van der Waals surface area contributed by atoms with E-state index in [1.165, 1.54) is 0 Å². The lowest BCUT2D eigenvalue weighted by Crippen LogP contribution is -2.46. The SMILES string of the molecule is CF.FC(F)(F)C(C(F)(F)F)C(F)(F)F. The number of halogens is 10. The van der Waals surface area contributed by atoms with Crippen LogP contribution in [0.2, 0.25) is 0 Å². The average molecular weight is 254 g/mol. The molecular formula is C5H4F10. The lowest BCUT2D eigenvalue weighted by Gasteiger charge is -2.24. The van der Waals surface area contributed by atoms with Crippen LogP contribution in [0.15, 0.2) is 0 Å². The molecule has 0 unspecified atom stereocenters. The van der Waals surface area contributed by atoms with Crippen LogP contribution in [0.3, 0.4) is 0 Å². The first-order chi connectivity index (χ1) is 6.37. The van der Waals surface area contributed by atoms with Gasteiger partial charge in [0.25, 0.3) is 0 Å². The lowest BCUT2D eigenvalue weighted by atomic mass is 10.1. The average Bonchev–Trinajstić information content (AvgIpc) is 1.79. The molecule has 0 aliphatic rings. The molecule has 0 bridgehead atoms. The van der Waals surface area contributed by atoms with E-state index in [1.54, 1.807) is 0 Å². The van der Waals surface area contributed by atoms with Gasteiger partial charge in [-0.15, -0.1) is 0 Å². The van der Waals surface area contributed by atoms with Crippen molar-refractivity contribution in [3.05, 3.63) is 0 Å². The topological polar surface area (TPSA) is 0 Å². The summed E-state index contributed by atoms with van der Waals surface area (Å²) in [6, 6.07) is 0. The van der Waals surface area contributed by atoms with Crippen molar-refractivity contribution in [3.63, 3.8) is 0 Å². The van der Waals surface area contributed by atoms with E-state index in [2.05, 4.69) is 0 Å². The first-order valence-corrected chi connectivity index (χ1v) is 2.94. The molecule has 0 saturated carbocycles. The summed E-state index contributed by atoms with van der Waals surface area (Å²) in [6.07, 6.45) is -19.1. The molecule has 94 valence electrons. The third-order valence-corrected chi connectivity index (χ3v) is 0.982. The van der Waals surface area contributed by atoms with Crippen LogP contribution in [0.25, 0.3) is 0 Å². The Morgan fingerprint density at radius 3 is 0.667 bits per heavy atom. The van der Waals surface area contributed by atoms with Crippen LogP contribution in [0.1, 0.15) is 0 Å². The Morgan fingerprint density at radius 1 is 0.533 bits per heavy atom. The van der Waals surface area contributed by atoms with Crippen molar-refractivity contribution in [2.45, 2.75) is 18.5 Å². The number of alkyl halides is 10. The maximum Gasteiger partial charge on any atom is 0.409 e. The van der Waals surface area contributed by atoms with Crippen molar-refractivity contribution in [1.82, 2.24) is 0 Å². The fourth-order valence-electron chi connectivity index (χ4n) is 0.557. The van der Waals surface area contributed by atoms with E-state index in [0.717, 1.165) is 0 Å². The van der Waals surface area contributed by atoms with Crippen molar-refractivity contribution >= 4 is 0 Å². The van der Waals surface area contributed by atoms with Crippen LogP contribution in [0.5, 0.6) is 0 Å². The van der Waals surface area contributed by atoms with Gasteiger partial charge in [-0.2, -0.15) is 39.5 Å². The second kappa shape index (κ2) is 4.88. The molecule has 0 rings (SSSR count). The molecule has 0 heterocycles. The Balaban J connectivity index is 0. The van der Waals surface area contributed by atoms with Gasteiger partial charge in [-0.25, -0.2) is 0 Å². The molecule has 0 spiro atoms. The summed E-state index contributed by atoms with van der Waals surface area (Å²) in [7, 11) is 0.500. The molecule has 15 heavy (non-hydrogen) atoms. The van der Waals surface area contributed by atoms with Crippen LogP contribution in [-0.4, -0.2) is 25.7 Å². The van der Waals surface area contributed by atoms with Crippen LogP contribution >= 0.6 is 0 Å². The summed E-state index contributed by atoms with van der Waals surface area (Å²) >= 11 is 0. The van der Waals surface area contributed by atoms with Crippen molar-refractivity contribution in [3.8, 4) is 0 Å². The molecule has 0 aromatic rings. The molecular weight excluding hydrogens is 250 g/mol. The van der Waals surface area contributed by atoms with Crippen LogP contribution in [0.4, 0.5) is 43.9 Å². The molecule has 0 nitrogen and oxygen atoms in total. The number of hydrogen-bond acceptors (Lipinski definition) is 0. The van der Waals surface area contributed by atoms with Gasteiger partial charge in [0.1, 0.15) is 0 Å². The Morgan fingerprint density at radius 2 is 0.667 bits per heavy atom. The van der Waals surface area contributed by atoms with E-state index in [-0.39, 0.29) is 0 Å². The van der Waals surface area contributed by atoms with Gasteiger partial charge < -0.3 is 0 Å². The minimum absolute atomic E-state index is 0.500. The standard InChI is InChI=1S/C4HF9.CH3F/c5-2(6,7)1(3(8,9)10)4(11,12)13;1-2/h1H;1H3. The van der Waals surface area contributed by atoms with Crippen molar-refractivity contribution in [1.29, 1.82) is 0 Å². The van der Waals surface area contributed by atoms with Crippen LogP contribution in [-0.2, 0) is 0 Å². The van der Waals surface area contributed by atoms with E-state index >= 15 is 0 Å². The third-order valence-electron chi connectivity index (χ3n) is 0.982. The summed E-state index contributed by atoms with van der Waals surface area (Å²) in [5.41, 5.74) is 0. The van der Waals surface area contributed by atoms with E-state index in [1.807, 2.05) is 0 Å². The van der Waals surface area contributed by atoms with E-state index in [4.69, 9.17) is 0 Å². The summed E-state index contributed by atoms with van der Waals surface area (Å²) in [4.78, 5) is 0. The first kappa shape index (κ1) is 16.7. The zero-order valence-corrected chi connectivity index (χ0v) is 6.86. The maximum absolute atomic E-state index is 11.3. The first-order valence-electron chi connectivity index (χ1n) is 2.94. The largest absolute Gasteiger partial charge is 0.409 e. The van der Waals surface area contributed by atoms with Gasteiger partial charge in [0.15, 0.2) is 0 Å². The highest BCUT2D eigenvalue weighted by Crippen LogP contribution is 2.48. The van der Waals surface area contributed by atoms with Gasteiger partial charge in [-0.1, -0.05) is 0 Å². The van der Waals surface area contributed by atoms with Gasteiger partial charge in [-0.05, 0) is 0 Å². The highest BCUT2D eigenvalue weighted by atomic mass is 19.4. The van der Waals surface area contributed by atoms with E-state index < -0.39 is 24.4 Å². The Bertz CT molecular complexity index is 136. The lowest BCUT2D eigenvalue weighted by molar-refractivity contribution is -0.366. The predicted octanol–water partition coefficient (Wildman–Crippen LogP) is 3.88. The van der Waals surface area contributed by atoms with Crippen molar-refractivity contribution in [2.24, 2.45) is 5.92 Å². The molecule has 0 fully saturated rings. The summed E-state index contributed by atoms with van der Waals surface area (Å²) in [6.45, 7) is 0. The van der Waals surface area contributed by atoms with Crippen molar-refractivity contribution in [2.75, 3.05) is 7.18 Å². The molecule has 10 heteroatoms. The molecule has 0 N–H and O–H groups in total. The van der Waals surface area contributed by atoms with Gasteiger partial charge in [0.05, 0.1) is 7.18 Å². The van der Waals surface area contributed by atoms with E-state index in [9.17, 15) is 43.9 Å². The Kier molecular flexibility index (Phi) is 5.44. The fourth-order valence-corrected chi connectivity index (χ4v) is 0.557. The molecule has 0 saturated heterocycles. The molecule has 0 atom stereocenters. The van der Waals surface area contributed by atoms with Gasteiger partial charge >= 0.3 is 18.5 Å². The quantitative estimate of drug-likeness (QED) is 0.575. The van der Waals surface area contributed by atoms with Gasteiger partial charge in [-0.3, -0.25) is 4.39 Å². The summed E-state index contributed by atoms with van der Waals surface area (Å²) in [5.74, 6) is -5.27. The monoisotopic (exact) mass is 254 g/mol. The molecule has 0 aliphatic heterocycles. The molecule has 0 amide bonds. The smallest absolute Gasteiger partial charge is 0.255 e. The minimum atomic E-state index is -6.36. The second-order valence-electron chi connectivity index (χ2n) is 2.06. The predicted molar refractivity (Wildman–Crippen MR) is 28.7 cm³/mol. The Hall–Kier alpha value is -0.700. The third kappa shape index (κ3) is 5.67. The number of rotatable bonds is 0. The normalized spacial score (nSPS) is 13.6. The molecule has 0 aromatic heterocycles. The van der Waals surface area contributed by atoms with Crippen LogP contribution in [0, 0.1) is 5.92 Å². The van der Waals surface area contributed by atoms with Crippen molar-refractivity contribution < 1.29 is 43.9 Å². The van der Waals surface area contributed by atoms with Gasteiger partial charge in [0.2, 0.25) is 5.92 Å². The molecule has 0 aliphatic carbocycles.